The van der Waals surface area contributed by atoms with E-state index in [1.165, 1.54) is 51.4 Å². The number of aromatic nitrogens is 2. The summed E-state index contributed by atoms with van der Waals surface area (Å²) in [6.45, 7) is 1.93. The van der Waals surface area contributed by atoms with Crippen LogP contribution in [0.5, 0.6) is 0 Å². The maximum absolute atomic E-state index is 12.4. The van der Waals surface area contributed by atoms with E-state index in [-0.39, 0.29) is 0 Å². The van der Waals surface area contributed by atoms with Crippen LogP contribution in [-0.2, 0) is 11.2 Å². The minimum absolute atomic E-state index is 0.305. The molecule has 2 saturated carbocycles. The van der Waals surface area contributed by atoms with E-state index in [0.717, 1.165) is 31.8 Å². The average Bonchev–Trinajstić information content (AvgIpc) is 3.15. The molecule has 5 heteroatoms. The summed E-state index contributed by atoms with van der Waals surface area (Å²) < 4.78 is 5.27. The Morgan fingerprint density at radius 2 is 1.91 bits per heavy atom. The second-order valence-corrected chi connectivity index (χ2v) is 7.76. The van der Waals surface area contributed by atoms with Gasteiger partial charge in [-0.25, -0.2) is 0 Å². The molecule has 1 aromatic heterocycles. The normalized spacial score (nSPS) is 23.6. The molecule has 2 heterocycles. The van der Waals surface area contributed by atoms with Gasteiger partial charge in [0.05, 0.1) is 0 Å². The summed E-state index contributed by atoms with van der Waals surface area (Å²) in [5.74, 6) is 2.40. The van der Waals surface area contributed by atoms with E-state index in [0.29, 0.717) is 29.6 Å². The van der Waals surface area contributed by atoms with E-state index in [9.17, 15) is 4.79 Å². The Morgan fingerprint density at radius 3 is 2.61 bits per heavy atom. The van der Waals surface area contributed by atoms with Crippen molar-refractivity contribution >= 4 is 5.91 Å². The van der Waals surface area contributed by atoms with Gasteiger partial charge in [-0.05, 0) is 50.4 Å². The molecule has 3 fully saturated rings. The highest BCUT2D eigenvalue weighted by atomic mass is 16.5. The van der Waals surface area contributed by atoms with E-state index in [2.05, 4.69) is 15.0 Å². The predicted octanol–water partition coefficient (Wildman–Crippen LogP) is 3.45. The Kier molecular flexibility index (Phi) is 4.12. The first-order valence-electron chi connectivity index (χ1n) is 9.34. The monoisotopic (exact) mass is 317 g/mol. The Morgan fingerprint density at radius 1 is 1.17 bits per heavy atom. The molecule has 4 rings (SSSR count). The van der Waals surface area contributed by atoms with Crippen LogP contribution in [0.15, 0.2) is 4.52 Å². The summed E-state index contributed by atoms with van der Waals surface area (Å²) in [5, 5.41) is 4.03. The first-order chi connectivity index (χ1) is 11.2. The van der Waals surface area contributed by atoms with Crippen LogP contribution < -0.4 is 0 Å². The largest absolute Gasteiger partial charge is 0.343 e. The van der Waals surface area contributed by atoms with Gasteiger partial charge in [0.25, 0.3) is 0 Å². The smallest absolute Gasteiger partial charge is 0.226 e. The maximum atomic E-state index is 12.4. The number of rotatable bonds is 5. The first-order valence-corrected chi connectivity index (χ1v) is 9.34. The molecule has 5 nitrogen and oxygen atoms in total. The fourth-order valence-corrected chi connectivity index (χ4v) is 4.28. The zero-order valence-corrected chi connectivity index (χ0v) is 13.9. The van der Waals surface area contributed by atoms with Gasteiger partial charge in [-0.15, -0.1) is 0 Å². The Balaban J connectivity index is 1.19. The summed E-state index contributed by atoms with van der Waals surface area (Å²) >= 11 is 0. The molecule has 0 radical (unpaired) electrons. The molecule has 23 heavy (non-hydrogen) atoms. The minimum Gasteiger partial charge on any atom is -0.343 e. The standard InChI is InChI=1S/C18H27N3O2/c22-16(21-12-10-18(11-13-21)8-1-2-9-18)5-3-4-15-19-17(20-23-15)14-6-7-14/h14H,1-13H2. The van der Waals surface area contributed by atoms with Gasteiger partial charge in [0.15, 0.2) is 5.82 Å². The Hall–Kier alpha value is -1.39. The third kappa shape index (κ3) is 3.43. The van der Waals surface area contributed by atoms with Crippen molar-refractivity contribution in [3.63, 3.8) is 0 Å². The molecule has 0 atom stereocenters. The number of likely N-dealkylation sites (tertiary alicyclic amines) is 1. The molecule has 3 aliphatic rings. The quantitative estimate of drug-likeness (QED) is 0.834. The van der Waals surface area contributed by atoms with Crippen LogP contribution in [0.1, 0.15) is 81.8 Å². The van der Waals surface area contributed by atoms with Crippen LogP contribution in [0.2, 0.25) is 0 Å². The molecule has 1 amide bonds. The lowest BCUT2D eigenvalue weighted by Gasteiger charge is -2.39. The van der Waals surface area contributed by atoms with E-state index < -0.39 is 0 Å². The molecular formula is C18H27N3O2. The third-order valence-electron chi connectivity index (χ3n) is 6.05. The topological polar surface area (TPSA) is 59.2 Å². The van der Waals surface area contributed by atoms with Crippen molar-refractivity contribution < 1.29 is 9.32 Å². The summed E-state index contributed by atoms with van der Waals surface area (Å²) in [4.78, 5) is 18.9. The summed E-state index contributed by atoms with van der Waals surface area (Å²) in [6, 6.07) is 0. The lowest BCUT2D eigenvalue weighted by molar-refractivity contribution is -0.133. The van der Waals surface area contributed by atoms with Crippen LogP contribution in [0, 0.1) is 5.41 Å². The van der Waals surface area contributed by atoms with Crippen molar-refractivity contribution in [3.8, 4) is 0 Å². The summed E-state index contributed by atoms with van der Waals surface area (Å²) in [7, 11) is 0. The van der Waals surface area contributed by atoms with Gasteiger partial charge in [0.1, 0.15) is 0 Å². The van der Waals surface area contributed by atoms with Crippen LogP contribution in [0.4, 0.5) is 0 Å². The molecule has 1 aliphatic heterocycles. The highest BCUT2D eigenvalue weighted by Gasteiger charge is 2.37. The average molecular weight is 317 g/mol. The number of amides is 1. The van der Waals surface area contributed by atoms with Gasteiger partial charge < -0.3 is 9.42 Å². The fraction of sp³-hybridized carbons (Fsp3) is 0.833. The maximum Gasteiger partial charge on any atom is 0.226 e. The zero-order valence-electron chi connectivity index (χ0n) is 13.9. The Labute approximate surface area is 137 Å². The predicted molar refractivity (Wildman–Crippen MR) is 85.9 cm³/mol. The van der Waals surface area contributed by atoms with E-state index >= 15 is 0 Å². The van der Waals surface area contributed by atoms with Crippen molar-refractivity contribution in [1.29, 1.82) is 0 Å². The third-order valence-corrected chi connectivity index (χ3v) is 6.05. The molecule has 1 spiro atoms. The van der Waals surface area contributed by atoms with Crippen LogP contribution in [-0.4, -0.2) is 34.0 Å². The molecular weight excluding hydrogens is 290 g/mol. The van der Waals surface area contributed by atoms with Crippen molar-refractivity contribution in [2.45, 2.75) is 76.5 Å². The number of carbonyl (C=O) groups excluding carboxylic acids is 1. The van der Waals surface area contributed by atoms with Gasteiger partial charge in [0, 0.05) is 31.8 Å². The van der Waals surface area contributed by atoms with E-state index in [1.54, 1.807) is 0 Å². The Bertz CT molecular complexity index is 548. The van der Waals surface area contributed by atoms with Crippen LogP contribution in [0.25, 0.3) is 0 Å². The molecule has 0 unspecified atom stereocenters. The molecule has 0 bridgehead atoms. The SMILES string of the molecule is O=C(CCCc1nc(C2CC2)no1)N1CCC2(CCCC2)CC1. The lowest BCUT2D eigenvalue weighted by atomic mass is 9.77. The van der Waals surface area contributed by atoms with Gasteiger partial charge in [-0.3, -0.25) is 4.79 Å². The van der Waals surface area contributed by atoms with Crippen LogP contribution in [0.3, 0.4) is 0 Å². The van der Waals surface area contributed by atoms with Crippen molar-refractivity contribution in [2.24, 2.45) is 5.41 Å². The number of piperidine rings is 1. The van der Waals surface area contributed by atoms with Gasteiger partial charge in [-0.1, -0.05) is 18.0 Å². The lowest BCUT2D eigenvalue weighted by Crippen LogP contribution is -2.42. The summed E-state index contributed by atoms with van der Waals surface area (Å²) in [6.07, 6.45) is 12.5. The fourth-order valence-electron chi connectivity index (χ4n) is 4.28. The zero-order chi connectivity index (χ0) is 15.7. The highest BCUT2D eigenvalue weighted by molar-refractivity contribution is 5.76. The minimum atomic E-state index is 0.305. The second-order valence-electron chi connectivity index (χ2n) is 7.76. The second kappa shape index (κ2) is 6.25. The molecule has 126 valence electrons. The van der Waals surface area contributed by atoms with E-state index in [4.69, 9.17) is 4.52 Å². The number of nitrogens with zero attached hydrogens (tertiary/aromatic N) is 3. The number of hydrogen-bond acceptors (Lipinski definition) is 4. The molecule has 0 N–H and O–H groups in total. The number of aryl methyl sites for hydroxylation is 1. The number of hydrogen-bond donors (Lipinski definition) is 0. The molecule has 1 aromatic rings. The molecule has 0 aromatic carbocycles. The highest BCUT2D eigenvalue weighted by Crippen LogP contribution is 2.46. The van der Waals surface area contributed by atoms with Gasteiger partial charge in [-0.2, -0.15) is 4.98 Å². The number of carbonyl (C=O) groups is 1. The van der Waals surface area contributed by atoms with E-state index in [1.807, 2.05) is 0 Å². The van der Waals surface area contributed by atoms with Crippen molar-refractivity contribution in [2.75, 3.05) is 13.1 Å². The van der Waals surface area contributed by atoms with Gasteiger partial charge in [0.2, 0.25) is 11.8 Å². The van der Waals surface area contributed by atoms with Gasteiger partial charge >= 0.3 is 0 Å². The first kappa shape index (κ1) is 15.2. The van der Waals surface area contributed by atoms with Crippen molar-refractivity contribution in [3.05, 3.63) is 11.7 Å². The van der Waals surface area contributed by atoms with Crippen LogP contribution >= 0.6 is 0 Å². The molecule has 1 saturated heterocycles. The summed E-state index contributed by atoms with van der Waals surface area (Å²) in [5.41, 5.74) is 0.583. The van der Waals surface area contributed by atoms with Crippen molar-refractivity contribution in [1.82, 2.24) is 15.0 Å². The molecule has 2 aliphatic carbocycles.